The van der Waals surface area contributed by atoms with Gasteiger partial charge in [0.05, 0.1) is 144 Å². The van der Waals surface area contributed by atoms with E-state index in [4.69, 9.17) is 28.4 Å². The number of nitriles is 4. The minimum absolute atomic E-state index is 0.0886. The van der Waals surface area contributed by atoms with E-state index in [0.717, 1.165) is 168 Å². The number of ether oxygens (including phenoxy) is 6. The number of rotatable bonds is 58. The number of hydrogen-bond acceptors (Lipinski definition) is 25. The van der Waals surface area contributed by atoms with Crippen LogP contribution in [-0.4, -0.2) is 207 Å². The van der Waals surface area contributed by atoms with Crippen LogP contribution in [0.4, 0.5) is 0 Å². The summed E-state index contributed by atoms with van der Waals surface area (Å²) in [5.74, 6) is 0.933. The van der Waals surface area contributed by atoms with Gasteiger partial charge in [-0.25, -0.2) is 9.59 Å². The first kappa shape index (κ1) is 120. The number of unbranched alkanes of at least 4 members (excludes halogenated alkanes) is 1. The summed E-state index contributed by atoms with van der Waals surface area (Å²) in [5, 5.41) is 118. The van der Waals surface area contributed by atoms with Crippen LogP contribution in [0.1, 0.15) is 242 Å². The number of nitrogens with zero attached hydrogens (tertiary/aromatic N) is 8. The number of likely N-dealkylation sites (N-methyl/N-ethyl adjacent to an activating group) is 4. The van der Waals surface area contributed by atoms with Gasteiger partial charge >= 0.3 is 17.9 Å². The fourth-order valence-electron chi connectivity index (χ4n) is 17.7. The summed E-state index contributed by atoms with van der Waals surface area (Å²) in [5.41, 5.74) is 13.1. The molecule has 0 aromatic heterocycles. The van der Waals surface area contributed by atoms with E-state index in [9.17, 15) is 76.3 Å². The Morgan fingerprint density at radius 1 is 0.355 bits per heavy atom. The summed E-state index contributed by atoms with van der Waals surface area (Å²) in [4.78, 5) is 45.0. The van der Waals surface area contributed by atoms with Crippen LogP contribution < -0.4 is 4.74 Å². The Balaban J connectivity index is 0.000000331. The molecule has 0 amide bonds. The number of aliphatic hydroxyl groups excluding tert-OH is 8. The maximum atomic E-state index is 12.2. The molecule has 4 unspecified atom stereocenters. The molecule has 8 aromatic carbocycles. The standard InChI is InChI=1S/C30H42N2O4.C29H40N2O5.C29H40N2O4.C28H38N2O4/c1-5-6-17-36-29(35)25-10-7-9-24(18-25)13-16-32(4)15-8-14-30(22-31,23(2)3)28-12-11-26(20-33)27(19-28)21-34;1-22(2)29(21-30,27-10-9-25(19-32)26(18-27)20-33)12-6-13-31(3)14-11-23-7-5-8-24(17-23)28(34)36-16-15-35-4;1-22(2)29(21-30,27-11-10-25(18-32)26(17-27)19-33)13-7-14-31(4)15-12-24-8-6-9-28(16-24)35-20-23(3)34-5;1-21(2)28(20-29,26-10-9-24(18-31)25(17-26)19-32)12-6-13-30(3)14-11-22-7-5-8-23(15-22)16-27(33)34-4/h7,9-12,18-19,23,33-34H,5-6,8,13-17,20-21H2,1-4H3;5,7-10,17-18,22,32-33H,6,11-16,19-20H2,1-4H3;6,8-11,16-17,22,32-33H,3,7,12-15,18-20H2,1-2,4-5H3;5,7-10,15,17,21,31-32H,6,11-14,16,18-19H2,1-4H3. The molecule has 25 nitrogen and oxygen atoms in total. The highest BCUT2D eigenvalue weighted by Gasteiger charge is 2.40. The Labute approximate surface area is 840 Å². The van der Waals surface area contributed by atoms with Gasteiger partial charge in [0, 0.05) is 33.3 Å². The number of hydrogen-bond donors (Lipinski definition) is 8. The lowest BCUT2D eigenvalue weighted by Crippen LogP contribution is -2.33. The third-order valence-corrected chi connectivity index (χ3v) is 27.3. The molecule has 0 aliphatic heterocycles. The van der Waals surface area contributed by atoms with E-state index in [1.807, 2.05) is 140 Å². The van der Waals surface area contributed by atoms with Crippen molar-refractivity contribution in [2.24, 2.45) is 23.7 Å². The van der Waals surface area contributed by atoms with Crippen LogP contribution in [0.15, 0.2) is 182 Å². The highest BCUT2D eigenvalue weighted by molar-refractivity contribution is 5.90. The summed E-state index contributed by atoms with van der Waals surface area (Å²) >= 11 is 0. The molecule has 0 saturated heterocycles. The quantitative estimate of drug-likeness (QED) is 0.00759. The first-order valence-electron chi connectivity index (χ1n) is 49.5. The van der Waals surface area contributed by atoms with Crippen molar-refractivity contribution in [1.29, 1.82) is 21.0 Å². The van der Waals surface area contributed by atoms with E-state index in [-0.39, 0.29) is 107 Å². The molecule has 0 radical (unpaired) electrons. The summed E-state index contributed by atoms with van der Waals surface area (Å²) < 4.78 is 31.0. The number of esters is 3. The van der Waals surface area contributed by atoms with Gasteiger partial charge < -0.3 is 88.9 Å². The van der Waals surface area contributed by atoms with Crippen molar-refractivity contribution in [3.63, 3.8) is 0 Å². The van der Waals surface area contributed by atoms with Crippen molar-refractivity contribution >= 4 is 17.9 Å². The Hall–Kier alpha value is -11.1. The van der Waals surface area contributed by atoms with Crippen LogP contribution in [0.3, 0.4) is 0 Å². The molecule has 0 bridgehead atoms. The molecule has 0 fully saturated rings. The Morgan fingerprint density at radius 2 is 0.652 bits per heavy atom. The van der Waals surface area contributed by atoms with Crippen LogP contribution in [-0.2, 0) is 135 Å². The number of aliphatic hydroxyl groups is 8. The number of carbonyl (C=O) groups excluding carboxylic acids is 3. The normalized spacial score (nSPS) is 13.0. The average Bonchev–Trinajstić information content (AvgIpc) is 0.800. The monoisotopic (exact) mass is 1940 g/mol. The van der Waals surface area contributed by atoms with Gasteiger partial charge in [-0.15, -0.1) is 0 Å². The van der Waals surface area contributed by atoms with E-state index >= 15 is 0 Å². The molecule has 25 heteroatoms. The molecule has 0 aliphatic rings. The van der Waals surface area contributed by atoms with Gasteiger partial charge in [0.1, 0.15) is 24.7 Å². The Kier molecular flexibility index (Phi) is 54.5. The maximum Gasteiger partial charge on any atom is 0.338 e. The first-order valence-corrected chi connectivity index (χ1v) is 49.5. The smallest absolute Gasteiger partial charge is 0.338 e. The number of methoxy groups -OCH3 is 3. The van der Waals surface area contributed by atoms with E-state index < -0.39 is 21.7 Å². The molecule has 0 heterocycles. The van der Waals surface area contributed by atoms with E-state index in [1.54, 1.807) is 26.4 Å². The molecule has 8 rings (SSSR count). The van der Waals surface area contributed by atoms with Crippen molar-refractivity contribution in [3.8, 4) is 30.0 Å². The van der Waals surface area contributed by atoms with Crippen LogP contribution in [0, 0.1) is 69.0 Å². The van der Waals surface area contributed by atoms with Gasteiger partial charge in [0.15, 0.2) is 0 Å². The summed E-state index contributed by atoms with van der Waals surface area (Å²) in [6, 6.07) is 64.0. The lowest BCUT2D eigenvalue weighted by Gasteiger charge is -2.32. The zero-order chi connectivity index (χ0) is 104. The molecule has 8 N–H and O–H groups in total. The molecular formula is C116H160N8O17. The lowest BCUT2D eigenvalue weighted by molar-refractivity contribution is -0.139. The van der Waals surface area contributed by atoms with Gasteiger partial charge in [-0.2, -0.15) is 21.0 Å². The largest absolute Gasteiger partial charge is 0.498 e. The van der Waals surface area contributed by atoms with Crippen molar-refractivity contribution in [3.05, 3.63) is 288 Å². The Morgan fingerprint density at radius 3 is 0.943 bits per heavy atom. The first-order chi connectivity index (χ1) is 67.7. The third-order valence-electron chi connectivity index (χ3n) is 27.3. The van der Waals surface area contributed by atoms with Gasteiger partial charge in [0.2, 0.25) is 0 Å². The highest BCUT2D eigenvalue weighted by atomic mass is 16.6. The zero-order valence-corrected chi connectivity index (χ0v) is 86.8. The topological polar surface area (TPSA) is 377 Å². The van der Waals surface area contributed by atoms with Crippen molar-refractivity contribution < 1.29 is 83.7 Å². The molecule has 4 atom stereocenters. The van der Waals surface area contributed by atoms with E-state index in [1.165, 1.54) is 18.2 Å². The van der Waals surface area contributed by atoms with Crippen LogP contribution >= 0.6 is 0 Å². The predicted molar refractivity (Wildman–Crippen MR) is 554 cm³/mol. The Bertz CT molecular complexity index is 5140. The molecule has 8 aromatic rings. The lowest BCUT2D eigenvalue weighted by atomic mass is 9.69. The van der Waals surface area contributed by atoms with Crippen molar-refractivity contribution in [1.82, 2.24) is 19.6 Å². The van der Waals surface area contributed by atoms with Gasteiger partial charge in [-0.1, -0.05) is 209 Å². The number of carbonyl (C=O) groups is 3. The second-order valence-electron chi connectivity index (χ2n) is 38.0. The number of benzene rings is 8. The minimum atomic E-state index is -0.670. The van der Waals surface area contributed by atoms with E-state index in [0.29, 0.717) is 100 Å². The fraction of sp³-hybridized carbons (Fsp3) is 0.509. The van der Waals surface area contributed by atoms with Crippen molar-refractivity contribution in [2.75, 3.05) is 128 Å². The van der Waals surface area contributed by atoms with Crippen LogP contribution in [0.25, 0.3) is 0 Å². The summed E-state index contributed by atoms with van der Waals surface area (Å²) in [6.07, 6.45) is 11.8. The predicted octanol–water partition coefficient (Wildman–Crippen LogP) is 17.2. The average molecular weight is 1940 g/mol. The second-order valence-corrected chi connectivity index (χ2v) is 38.0. The van der Waals surface area contributed by atoms with Gasteiger partial charge in [0.25, 0.3) is 0 Å². The van der Waals surface area contributed by atoms with Gasteiger partial charge in [-0.05, 0) is 292 Å². The van der Waals surface area contributed by atoms with Crippen LogP contribution in [0.5, 0.6) is 5.75 Å². The van der Waals surface area contributed by atoms with Gasteiger partial charge in [-0.3, -0.25) is 4.79 Å². The zero-order valence-electron chi connectivity index (χ0n) is 86.8. The second kappa shape index (κ2) is 63.8. The molecule has 766 valence electrons. The molecule has 141 heavy (non-hydrogen) atoms. The minimum Gasteiger partial charge on any atom is -0.498 e. The molecular weight excluding hydrogens is 1780 g/mol. The van der Waals surface area contributed by atoms with E-state index in [2.05, 4.69) is 159 Å². The highest BCUT2D eigenvalue weighted by Crippen LogP contribution is 2.42. The fourth-order valence-corrected chi connectivity index (χ4v) is 17.7. The molecule has 0 spiro atoms. The molecule has 0 aliphatic carbocycles. The SMILES string of the molecule is C=C(COc1cccc(CCN(C)CCCC(C#N)(c2ccc(CO)c(CO)c2)C(C)C)c1)OC.CCCCOC(=O)c1cccc(CCN(C)CCCC(C#N)(c2ccc(CO)c(CO)c2)C(C)C)c1.COC(=O)Cc1cccc(CCN(C)CCCC(C#N)(c2ccc(CO)c(CO)c2)C(C)C)c1.COCCOC(=O)c1cccc(CCN(C)CCCC(C#N)(c2ccc(CO)c(CO)c2)C(C)C)c1. The van der Waals surface area contributed by atoms with Crippen LogP contribution in [0.2, 0.25) is 0 Å². The summed E-state index contributed by atoms with van der Waals surface area (Å²) in [7, 11) is 12.9. The molecule has 0 saturated carbocycles. The maximum absolute atomic E-state index is 12.2. The van der Waals surface area contributed by atoms with Crippen molar-refractivity contribution in [2.45, 2.75) is 233 Å². The summed E-state index contributed by atoms with van der Waals surface area (Å²) in [6.45, 7) is 29.4. The third kappa shape index (κ3) is 37.3.